The molecule has 0 aliphatic carbocycles. The Hall–Kier alpha value is -1.60. The lowest BCUT2D eigenvalue weighted by Crippen LogP contribution is -2.15. The first-order valence-electron chi connectivity index (χ1n) is 5.64. The van der Waals surface area contributed by atoms with E-state index in [0.29, 0.717) is 11.3 Å². The summed E-state index contributed by atoms with van der Waals surface area (Å²) in [4.78, 5) is 23.3. The van der Waals surface area contributed by atoms with E-state index in [1.165, 1.54) is 12.1 Å². The zero-order chi connectivity index (χ0) is 14.7. The Labute approximate surface area is 134 Å². The summed E-state index contributed by atoms with van der Waals surface area (Å²) < 4.78 is 0.840. The summed E-state index contributed by atoms with van der Waals surface area (Å²) in [5.74, 6) is -0.895. The van der Waals surface area contributed by atoms with Crippen LogP contribution in [0.5, 0.6) is 0 Å². The van der Waals surface area contributed by atoms with Crippen LogP contribution >= 0.6 is 34.2 Å². The van der Waals surface area contributed by atoms with Crippen LogP contribution in [0.2, 0.25) is 5.02 Å². The molecule has 2 amide bonds. The fraction of sp³-hybridized carbons (Fsp3) is 0. The first-order valence-corrected chi connectivity index (χ1v) is 7.10. The van der Waals surface area contributed by atoms with Gasteiger partial charge in [0.05, 0.1) is 16.1 Å². The van der Waals surface area contributed by atoms with E-state index >= 15 is 0 Å². The monoisotopic (exact) mass is 400 g/mol. The van der Waals surface area contributed by atoms with Crippen molar-refractivity contribution in [3.8, 4) is 0 Å². The van der Waals surface area contributed by atoms with Gasteiger partial charge >= 0.3 is 0 Å². The molecule has 0 atom stereocenters. The number of hydrogen-bond acceptors (Lipinski definition) is 2. The second-order valence-electron chi connectivity index (χ2n) is 3.99. The van der Waals surface area contributed by atoms with Gasteiger partial charge in [-0.1, -0.05) is 23.7 Å². The SMILES string of the molecule is NC(=O)c1cc(NC(=O)c2ccccc2I)ccc1Cl. The Bertz CT molecular complexity index is 689. The minimum absolute atomic E-state index is 0.173. The number of primary amides is 1. The standard InChI is InChI=1S/C14H10ClIN2O2/c15-11-6-5-8(7-10(11)13(17)19)18-14(20)9-3-1-2-4-12(9)16/h1-7H,(H2,17,19)(H,18,20). The number of rotatable bonds is 3. The van der Waals surface area contributed by atoms with E-state index in [0.717, 1.165) is 3.57 Å². The van der Waals surface area contributed by atoms with Gasteiger partial charge in [0.15, 0.2) is 0 Å². The number of benzene rings is 2. The molecular weight excluding hydrogens is 391 g/mol. The topological polar surface area (TPSA) is 72.2 Å². The molecular formula is C14H10ClIN2O2. The van der Waals surface area contributed by atoms with E-state index in [-0.39, 0.29) is 16.5 Å². The number of halogens is 2. The molecule has 0 bridgehead atoms. The summed E-state index contributed by atoms with van der Waals surface area (Å²) >= 11 is 7.94. The zero-order valence-corrected chi connectivity index (χ0v) is 13.1. The van der Waals surface area contributed by atoms with Crippen LogP contribution in [0.3, 0.4) is 0 Å². The van der Waals surface area contributed by atoms with Crippen molar-refractivity contribution in [3.05, 3.63) is 62.2 Å². The molecule has 0 fully saturated rings. The molecule has 0 aromatic heterocycles. The molecule has 0 unspecified atom stereocenters. The number of anilines is 1. The highest BCUT2D eigenvalue weighted by atomic mass is 127. The van der Waals surface area contributed by atoms with Gasteiger partial charge in [0.25, 0.3) is 5.91 Å². The molecule has 2 aromatic rings. The second-order valence-corrected chi connectivity index (χ2v) is 5.56. The Kier molecular flexibility index (Phi) is 4.61. The van der Waals surface area contributed by atoms with Gasteiger partial charge in [-0.3, -0.25) is 9.59 Å². The Morgan fingerprint density at radius 3 is 2.45 bits per heavy atom. The van der Waals surface area contributed by atoms with Crippen molar-refractivity contribution in [1.29, 1.82) is 0 Å². The molecule has 2 rings (SSSR count). The molecule has 6 heteroatoms. The number of hydrogen-bond donors (Lipinski definition) is 2. The van der Waals surface area contributed by atoms with E-state index < -0.39 is 5.91 Å². The third-order valence-corrected chi connectivity index (χ3v) is 3.88. The maximum atomic E-state index is 12.1. The zero-order valence-electron chi connectivity index (χ0n) is 10.2. The van der Waals surface area contributed by atoms with Crippen LogP contribution in [0.4, 0.5) is 5.69 Å². The third-order valence-electron chi connectivity index (χ3n) is 2.61. The van der Waals surface area contributed by atoms with Gasteiger partial charge in [-0.25, -0.2) is 0 Å². The quantitative estimate of drug-likeness (QED) is 0.776. The smallest absolute Gasteiger partial charge is 0.256 e. The number of nitrogens with two attached hydrogens (primary N) is 1. The molecule has 0 saturated heterocycles. The van der Waals surface area contributed by atoms with Gasteiger partial charge in [-0.05, 0) is 52.9 Å². The summed E-state index contributed by atoms with van der Waals surface area (Å²) in [5.41, 5.74) is 6.41. The molecule has 0 saturated carbocycles. The summed E-state index contributed by atoms with van der Waals surface area (Å²) in [7, 11) is 0. The lowest BCUT2D eigenvalue weighted by atomic mass is 10.1. The lowest BCUT2D eigenvalue weighted by molar-refractivity contribution is 0.0996. The minimum Gasteiger partial charge on any atom is -0.366 e. The van der Waals surface area contributed by atoms with Gasteiger partial charge in [0.2, 0.25) is 5.91 Å². The summed E-state index contributed by atoms with van der Waals surface area (Å²) in [6.45, 7) is 0. The van der Waals surface area contributed by atoms with Crippen LogP contribution in [0.25, 0.3) is 0 Å². The van der Waals surface area contributed by atoms with E-state index in [1.54, 1.807) is 18.2 Å². The maximum absolute atomic E-state index is 12.1. The number of nitrogens with one attached hydrogen (secondary N) is 1. The predicted octanol–water partition coefficient (Wildman–Crippen LogP) is 3.30. The molecule has 0 heterocycles. The average molecular weight is 401 g/mol. The van der Waals surface area contributed by atoms with Gasteiger partial charge in [0.1, 0.15) is 0 Å². The number of carbonyl (C=O) groups is 2. The fourth-order valence-corrected chi connectivity index (χ4v) is 2.48. The first-order chi connectivity index (χ1) is 9.49. The molecule has 2 aromatic carbocycles. The molecule has 0 aliphatic heterocycles. The van der Waals surface area contributed by atoms with Crippen molar-refractivity contribution in [2.45, 2.75) is 0 Å². The highest BCUT2D eigenvalue weighted by Crippen LogP contribution is 2.21. The van der Waals surface area contributed by atoms with E-state index in [2.05, 4.69) is 27.9 Å². The van der Waals surface area contributed by atoms with Crippen LogP contribution in [0.15, 0.2) is 42.5 Å². The third kappa shape index (κ3) is 3.29. The molecule has 102 valence electrons. The average Bonchev–Trinajstić information content (AvgIpc) is 2.41. The van der Waals surface area contributed by atoms with Crippen molar-refractivity contribution in [2.75, 3.05) is 5.32 Å². The fourth-order valence-electron chi connectivity index (χ4n) is 1.64. The highest BCUT2D eigenvalue weighted by molar-refractivity contribution is 14.1. The summed E-state index contributed by atoms with van der Waals surface area (Å²) in [5, 5.41) is 2.97. The van der Waals surface area contributed by atoms with Crippen molar-refractivity contribution < 1.29 is 9.59 Å². The van der Waals surface area contributed by atoms with E-state index in [4.69, 9.17) is 17.3 Å². The van der Waals surface area contributed by atoms with E-state index in [9.17, 15) is 9.59 Å². The number of amides is 2. The predicted molar refractivity (Wildman–Crippen MR) is 87.1 cm³/mol. The van der Waals surface area contributed by atoms with Crippen molar-refractivity contribution in [1.82, 2.24) is 0 Å². The van der Waals surface area contributed by atoms with Crippen LogP contribution in [0.1, 0.15) is 20.7 Å². The molecule has 0 aliphatic rings. The van der Waals surface area contributed by atoms with Gasteiger partial charge in [-0.2, -0.15) is 0 Å². The van der Waals surface area contributed by atoms with Crippen molar-refractivity contribution in [2.24, 2.45) is 5.73 Å². The summed E-state index contributed by atoms with van der Waals surface area (Å²) in [6, 6.07) is 11.8. The molecule has 20 heavy (non-hydrogen) atoms. The van der Waals surface area contributed by atoms with Gasteiger partial charge in [0, 0.05) is 9.26 Å². The Morgan fingerprint density at radius 1 is 1.10 bits per heavy atom. The molecule has 0 spiro atoms. The highest BCUT2D eigenvalue weighted by Gasteiger charge is 2.12. The molecule has 4 nitrogen and oxygen atoms in total. The van der Waals surface area contributed by atoms with Crippen LogP contribution in [0, 0.1) is 3.57 Å². The lowest BCUT2D eigenvalue weighted by Gasteiger charge is -2.08. The molecule has 3 N–H and O–H groups in total. The minimum atomic E-state index is -0.639. The summed E-state index contributed by atoms with van der Waals surface area (Å²) in [6.07, 6.45) is 0. The normalized spacial score (nSPS) is 10.1. The van der Waals surface area contributed by atoms with Crippen molar-refractivity contribution >= 4 is 51.7 Å². The second kappa shape index (κ2) is 6.23. The van der Waals surface area contributed by atoms with Crippen molar-refractivity contribution in [3.63, 3.8) is 0 Å². The largest absolute Gasteiger partial charge is 0.366 e. The van der Waals surface area contributed by atoms with Gasteiger partial charge < -0.3 is 11.1 Å². The Balaban J connectivity index is 2.27. The Morgan fingerprint density at radius 2 is 1.80 bits per heavy atom. The van der Waals surface area contributed by atoms with E-state index in [1.807, 2.05) is 12.1 Å². The van der Waals surface area contributed by atoms with Crippen LogP contribution < -0.4 is 11.1 Å². The van der Waals surface area contributed by atoms with Crippen LogP contribution in [-0.4, -0.2) is 11.8 Å². The first kappa shape index (κ1) is 14.8. The van der Waals surface area contributed by atoms with Gasteiger partial charge in [-0.15, -0.1) is 0 Å². The maximum Gasteiger partial charge on any atom is 0.256 e. The number of carbonyl (C=O) groups excluding carboxylic acids is 2. The molecule has 0 radical (unpaired) electrons. The van der Waals surface area contributed by atoms with Crippen LogP contribution in [-0.2, 0) is 0 Å².